The van der Waals surface area contributed by atoms with Gasteiger partial charge >= 0.3 is 0 Å². The van der Waals surface area contributed by atoms with Crippen molar-refractivity contribution in [3.63, 3.8) is 0 Å². The highest BCUT2D eigenvalue weighted by atomic mass is 32.2. The van der Waals surface area contributed by atoms with E-state index in [2.05, 4.69) is 10.0 Å². The number of ether oxygens (including phenoxy) is 3. The minimum atomic E-state index is -3.29. The van der Waals surface area contributed by atoms with Crippen molar-refractivity contribution in [2.75, 3.05) is 27.9 Å². The first-order valence-corrected chi connectivity index (χ1v) is 11.6. The van der Waals surface area contributed by atoms with E-state index >= 15 is 0 Å². The van der Waals surface area contributed by atoms with E-state index in [-0.39, 0.29) is 6.04 Å². The molecule has 1 fully saturated rings. The predicted molar refractivity (Wildman–Crippen MR) is 115 cm³/mol. The summed E-state index contributed by atoms with van der Waals surface area (Å²) in [7, 11) is 1.53. The molecule has 0 radical (unpaired) electrons. The van der Waals surface area contributed by atoms with Gasteiger partial charge in [0.25, 0.3) is 0 Å². The first-order chi connectivity index (χ1) is 13.6. The predicted octanol–water partition coefficient (Wildman–Crippen LogP) is 3.08. The summed E-state index contributed by atoms with van der Waals surface area (Å²) in [5.41, 5.74) is 1.06. The van der Waals surface area contributed by atoms with Gasteiger partial charge in [0.1, 0.15) is 0 Å². The molecule has 1 aliphatic carbocycles. The molecule has 0 aliphatic heterocycles. The lowest BCUT2D eigenvalue weighted by molar-refractivity contribution is 0.301. The van der Waals surface area contributed by atoms with Crippen LogP contribution in [-0.4, -0.2) is 47.1 Å². The molecule has 0 atom stereocenters. The maximum absolute atomic E-state index is 12.3. The summed E-state index contributed by atoms with van der Waals surface area (Å²) in [5.74, 6) is 2.44. The fraction of sp³-hybridized carbons (Fsp3) is 0.714. The van der Waals surface area contributed by atoms with Crippen LogP contribution in [0.2, 0.25) is 0 Å². The summed E-state index contributed by atoms with van der Waals surface area (Å²) in [5, 5.41) is 3.51. The van der Waals surface area contributed by atoms with Crippen LogP contribution in [0.1, 0.15) is 52.0 Å². The van der Waals surface area contributed by atoms with Gasteiger partial charge < -0.3 is 19.5 Å². The zero-order chi connectivity index (χ0) is 21.7. The Kier molecular flexibility index (Phi) is 8.19. The smallest absolute Gasteiger partial charge is 0.216 e. The van der Waals surface area contributed by atoms with E-state index in [4.69, 9.17) is 14.2 Å². The van der Waals surface area contributed by atoms with E-state index in [0.717, 1.165) is 37.8 Å². The topological polar surface area (TPSA) is 85.9 Å². The molecule has 1 aliphatic rings. The van der Waals surface area contributed by atoms with Crippen LogP contribution < -0.4 is 24.2 Å². The molecule has 0 aromatic heterocycles. The highest BCUT2D eigenvalue weighted by Gasteiger charge is 2.32. The summed E-state index contributed by atoms with van der Waals surface area (Å²) in [6, 6.07) is 3.95. The zero-order valence-corrected chi connectivity index (χ0v) is 19.3. The van der Waals surface area contributed by atoms with Gasteiger partial charge in [-0.2, -0.15) is 0 Å². The van der Waals surface area contributed by atoms with Gasteiger partial charge in [-0.25, -0.2) is 13.1 Å². The lowest BCUT2D eigenvalue weighted by atomic mass is 9.86. The van der Waals surface area contributed by atoms with E-state index in [0.29, 0.717) is 29.7 Å². The molecule has 0 heterocycles. The molecule has 2 rings (SSSR count). The standard InChI is InChI=1S/C21H36N2O5S/c1-21(2,3)29(24,25)23-17-9-7-15(8-10-17)13-22-14-16-11-18(26-4)20(28-6)19(12-16)27-5/h11-12,15,17,22-23H,7-10,13-14H2,1-6H3. The van der Waals surface area contributed by atoms with Gasteiger partial charge in [0.15, 0.2) is 11.5 Å². The number of methoxy groups -OCH3 is 3. The van der Waals surface area contributed by atoms with Gasteiger partial charge in [0.05, 0.1) is 26.1 Å². The number of nitrogens with one attached hydrogen (secondary N) is 2. The van der Waals surface area contributed by atoms with Crippen molar-refractivity contribution in [3.8, 4) is 17.2 Å². The monoisotopic (exact) mass is 428 g/mol. The molecule has 29 heavy (non-hydrogen) atoms. The largest absolute Gasteiger partial charge is 0.493 e. The second-order valence-corrected chi connectivity index (χ2v) is 11.1. The second-order valence-electron chi connectivity index (χ2n) is 8.62. The third-order valence-electron chi connectivity index (χ3n) is 5.46. The first-order valence-electron chi connectivity index (χ1n) is 10.1. The van der Waals surface area contributed by atoms with Crippen LogP contribution in [0.4, 0.5) is 0 Å². The Labute approximate surface area is 175 Å². The number of hydrogen-bond acceptors (Lipinski definition) is 6. The van der Waals surface area contributed by atoms with Crippen molar-refractivity contribution in [2.45, 2.75) is 63.8 Å². The number of hydrogen-bond donors (Lipinski definition) is 2. The summed E-state index contributed by atoms with van der Waals surface area (Å²) in [4.78, 5) is 0. The second kappa shape index (κ2) is 10.00. The third-order valence-corrected chi connectivity index (χ3v) is 7.72. The molecule has 7 nitrogen and oxygen atoms in total. The molecule has 0 saturated heterocycles. The van der Waals surface area contributed by atoms with Crippen molar-refractivity contribution in [3.05, 3.63) is 17.7 Å². The molecule has 2 N–H and O–H groups in total. The number of sulfonamides is 1. The van der Waals surface area contributed by atoms with Crippen LogP contribution in [0.5, 0.6) is 17.2 Å². The quantitative estimate of drug-likeness (QED) is 0.629. The summed E-state index contributed by atoms with van der Waals surface area (Å²) in [6.07, 6.45) is 3.79. The Balaban J connectivity index is 1.83. The maximum atomic E-state index is 12.3. The minimum Gasteiger partial charge on any atom is -0.493 e. The fourth-order valence-corrected chi connectivity index (χ4v) is 4.57. The van der Waals surface area contributed by atoms with Crippen LogP contribution in [0, 0.1) is 5.92 Å². The van der Waals surface area contributed by atoms with Crippen molar-refractivity contribution < 1.29 is 22.6 Å². The average Bonchev–Trinajstić information content (AvgIpc) is 2.67. The van der Waals surface area contributed by atoms with Gasteiger partial charge in [-0.15, -0.1) is 0 Å². The Hall–Kier alpha value is -1.51. The van der Waals surface area contributed by atoms with Crippen LogP contribution in [0.15, 0.2) is 12.1 Å². The summed E-state index contributed by atoms with van der Waals surface area (Å²) < 4.78 is 42.9. The van der Waals surface area contributed by atoms with E-state index in [9.17, 15) is 8.42 Å². The molecular weight excluding hydrogens is 392 g/mol. The van der Waals surface area contributed by atoms with Crippen LogP contribution in [0.25, 0.3) is 0 Å². The average molecular weight is 429 g/mol. The SMILES string of the molecule is COc1cc(CNCC2CCC(NS(=O)(=O)C(C)(C)C)CC2)cc(OC)c1OC. The number of benzene rings is 1. The Morgan fingerprint density at radius 2 is 1.52 bits per heavy atom. The van der Waals surface area contributed by atoms with Crippen molar-refractivity contribution >= 4 is 10.0 Å². The van der Waals surface area contributed by atoms with E-state index in [1.807, 2.05) is 12.1 Å². The maximum Gasteiger partial charge on any atom is 0.216 e. The third kappa shape index (κ3) is 6.23. The molecule has 0 bridgehead atoms. The molecule has 1 aromatic rings. The Morgan fingerprint density at radius 1 is 0.966 bits per heavy atom. The van der Waals surface area contributed by atoms with Crippen LogP contribution in [-0.2, 0) is 16.6 Å². The molecule has 1 saturated carbocycles. The van der Waals surface area contributed by atoms with Crippen LogP contribution >= 0.6 is 0 Å². The summed E-state index contributed by atoms with van der Waals surface area (Å²) >= 11 is 0. The van der Waals surface area contributed by atoms with Gasteiger partial charge in [-0.3, -0.25) is 0 Å². The lowest BCUT2D eigenvalue weighted by Gasteiger charge is -2.31. The molecular formula is C21H36N2O5S. The molecule has 0 amide bonds. The highest BCUT2D eigenvalue weighted by Crippen LogP contribution is 2.38. The molecule has 166 valence electrons. The minimum absolute atomic E-state index is 0.0468. The van der Waals surface area contributed by atoms with E-state index < -0.39 is 14.8 Å². The van der Waals surface area contributed by atoms with Gasteiger partial charge in [-0.1, -0.05) is 0 Å². The molecule has 1 aromatic carbocycles. The van der Waals surface area contributed by atoms with Crippen molar-refractivity contribution in [1.29, 1.82) is 0 Å². The number of rotatable bonds is 9. The molecule has 0 unspecified atom stereocenters. The summed E-state index contributed by atoms with van der Waals surface area (Å²) in [6.45, 7) is 6.79. The van der Waals surface area contributed by atoms with Gasteiger partial charge in [0, 0.05) is 12.6 Å². The zero-order valence-electron chi connectivity index (χ0n) is 18.5. The molecule has 0 spiro atoms. The van der Waals surface area contributed by atoms with Gasteiger partial charge in [-0.05, 0) is 76.6 Å². The van der Waals surface area contributed by atoms with Crippen molar-refractivity contribution in [2.24, 2.45) is 5.92 Å². The Morgan fingerprint density at radius 3 is 1.97 bits per heavy atom. The van der Waals surface area contributed by atoms with E-state index in [1.54, 1.807) is 42.1 Å². The lowest BCUT2D eigenvalue weighted by Crippen LogP contribution is -2.46. The Bertz CT molecular complexity index is 741. The van der Waals surface area contributed by atoms with Crippen LogP contribution in [0.3, 0.4) is 0 Å². The first kappa shape index (κ1) is 23.8. The highest BCUT2D eigenvalue weighted by molar-refractivity contribution is 7.90. The normalized spacial score (nSPS) is 20.3. The van der Waals surface area contributed by atoms with E-state index in [1.165, 1.54) is 0 Å². The fourth-order valence-electron chi connectivity index (χ4n) is 3.54. The van der Waals surface area contributed by atoms with Gasteiger partial charge in [0.2, 0.25) is 15.8 Å². The van der Waals surface area contributed by atoms with Crippen molar-refractivity contribution in [1.82, 2.24) is 10.0 Å². The molecule has 8 heteroatoms.